The predicted molar refractivity (Wildman–Crippen MR) is 111 cm³/mol. The molecule has 2 amide bonds. The van der Waals surface area contributed by atoms with Crippen LogP contribution in [0.1, 0.15) is 44.7 Å². The van der Waals surface area contributed by atoms with E-state index in [1.807, 2.05) is 32.0 Å². The van der Waals surface area contributed by atoms with Gasteiger partial charge in [0.05, 0.1) is 18.6 Å². The molecular formula is C24H25N2O5-. The molecule has 0 radical (unpaired) electrons. The van der Waals surface area contributed by atoms with Gasteiger partial charge in [0.2, 0.25) is 0 Å². The zero-order chi connectivity index (χ0) is 22.2. The number of aryl methyl sites for hydroxylation is 2. The van der Waals surface area contributed by atoms with Crippen molar-refractivity contribution in [1.29, 1.82) is 0 Å². The Bertz CT molecular complexity index is 1010. The molecule has 7 nitrogen and oxygen atoms in total. The van der Waals surface area contributed by atoms with Crippen LogP contribution in [0.15, 0.2) is 48.5 Å². The molecule has 2 saturated heterocycles. The average molecular weight is 421 g/mol. The van der Waals surface area contributed by atoms with Crippen molar-refractivity contribution < 1.29 is 24.2 Å². The largest absolute Gasteiger partial charge is 0.548 e. The summed E-state index contributed by atoms with van der Waals surface area (Å²) in [5, 5.41) is 11.8. The molecule has 0 N–H and O–H groups in total. The molecule has 0 bridgehead atoms. The maximum atomic E-state index is 13.3. The number of carboxylic acid groups (broad SMARTS) is 1. The van der Waals surface area contributed by atoms with Crippen molar-refractivity contribution in [2.24, 2.45) is 0 Å². The number of benzene rings is 2. The first-order valence-corrected chi connectivity index (χ1v) is 10.4. The minimum atomic E-state index is -1.34. The number of amides is 2. The lowest BCUT2D eigenvalue weighted by Gasteiger charge is -2.45. The lowest BCUT2D eigenvalue weighted by molar-refractivity contribution is -0.310. The molecule has 162 valence electrons. The molecule has 7 heteroatoms. The Morgan fingerprint density at radius 1 is 0.935 bits per heavy atom. The standard InChI is InChI=1S/C24H26N2O5/c1-16-6-8-18(9-7-16)21(27)25-12-10-24(11-13-25)26(20(15-31-24)23(29)30)22(28)19-5-3-4-17(2)14-19/h3-9,14,20H,10-13,15H2,1-2H3,(H,29,30)/p-1/t20-/m0/s1. The molecule has 2 aliphatic rings. The molecule has 4 rings (SSSR count). The maximum absolute atomic E-state index is 13.3. The number of carbonyl (C=O) groups is 3. The molecule has 0 unspecified atom stereocenters. The van der Waals surface area contributed by atoms with Crippen molar-refractivity contribution in [3.8, 4) is 0 Å². The first-order valence-electron chi connectivity index (χ1n) is 10.4. The predicted octanol–water partition coefficient (Wildman–Crippen LogP) is 1.53. The van der Waals surface area contributed by atoms with Gasteiger partial charge in [0.15, 0.2) is 0 Å². The highest BCUT2D eigenvalue weighted by Gasteiger charge is 2.52. The van der Waals surface area contributed by atoms with E-state index in [0.717, 1.165) is 11.1 Å². The number of carboxylic acids is 1. The minimum absolute atomic E-state index is 0.0825. The van der Waals surface area contributed by atoms with Gasteiger partial charge in [-0.3, -0.25) is 14.5 Å². The number of carbonyl (C=O) groups excluding carboxylic acids is 3. The number of aliphatic carboxylic acids is 1. The summed E-state index contributed by atoms with van der Waals surface area (Å²) in [6, 6.07) is 13.3. The van der Waals surface area contributed by atoms with Crippen LogP contribution >= 0.6 is 0 Å². The number of hydrogen-bond donors (Lipinski definition) is 0. The van der Waals surface area contributed by atoms with Crippen LogP contribution in [-0.2, 0) is 9.53 Å². The summed E-state index contributed by atoms with van der Waals surface area (Å²) in [5.41, 5.74) is 1.94. The summed E-state index contributed by atoms with van der Waals surface area (Å²) < 4.78 is 5.94. The molecule has 1 spiro atoms. The van der Waals surface area contributed by atoms with Crippen LogP contribution < -0.4 is 5.11 Å². The van der Waals surface area contributed by atoms with Crippen LogP contribution in [0, 0.1) is 13.8 Å². The third-order valence-corrected chi connectivity index (χ3v) is 6.15. The molecular weight excluding hydrogens is 396 g/mol. The van der Waals surface area contributed by atoms with Gasteiger partial charge in [-0.2, -0.15) is 0 Å². The van der Waals surface area contributed by atoms with Gasteiger partial charge in [-0.1, -0.05) is 35.4 Å². The third kappa shape index (κ3) is 3.93. The number of rotatable bonds is 3. The zero-order valence-corrected chi connectivity index (χ0v) is 17.7. The van der Waals surface area contributed by atoms with Crippen molar-refractivity contribution in [2.75, 3.05) is 19.7 Å². The van der Waals surface area contributed by atoms with Crippen LogP contribution in [-0.4, -0.2) is 59.0 Å². The van der Waals surface area contributed by atoms with Gasteiger partial charge in [0.25, 0.3) is 11.8 Å². The number of piperidine rings is 1. The summed E-state index contributed by atoms with van der Waals surface area (Å²) in [6.07, 6.45) is 0.678. The second-order valence-corrected chi connectivity index (χ2v) is 8.29. The van der Waals surface area contributed by atoms with Gasteiger partial charge in [-0.05, 0) is 38.1 Å². The van der Waals surface area contributed by atoms with Crippen LogP contribution in [0.4, 0.5) is 0 Å². The number of hydrogen-bond acceptors (Lipinski definition) is 5. The summed E-state index contributed by atoms with van der Waals surface area (Å²) in [4.78, 5) is 41.0. The summed E-state index contributed by atoms with van der Waals surface area (Å²) in [6.45, 7) is 4.45. The lowest BCUT2D eigenvalue weighted by Crippen LogP contribution is -2.60. The first kappa shape index (κ1) is 21.1. The lowest BCUT2D eigenvalue weighted by atomic mass is 9.96. The van der Waals surface area contributed by atoms with E-state index in [1.165, 1.54) is 4.90 Å². The van der Waals surface area contributed by atoms with Crippen LogP contribution in [0.25, 0.3) is 0 Å². The van der Waals surface area contributed by atoms with Crippen molar-refractivity contribution in [3.63, 3.8) is 0 Å². The monoisotopic (exact) mass is 421 g/mol. The Morgan fingerprint density at radius 3 is 2.23 bits per heavy atom. The van der Waals surface area contributed by atoms with E-state index in [-0.39, 0.29) is 12.5 Å². The Hall–Kier alpha value is -3.19. The van der Waals surface area contributed by atoms with Crippen molar-refractivity contribution >= 4 is 17.8 Å². The quantitative estimate of drug-likeness (QED) is 0.750. The van der Waals surface area contributed by atoms with Crippen LogP contribution in [0.5, 0.6) is 0 Å². The first-order chi connectivity index (χ1) is 14.8. The van der Waals surface area contributed by atoms with Gasteiger partial charge in [0.1, 0.15) is 5.72 Å². The smallest absolute Gasteiger partial charge is 0.256 e. The molecule has 0 saturated carbocycles. The maximum Gasteiger partial charge on any atom is 0.256 e. The van der Waals surface area contributed by atoms with E-state index in [9.17, 15) is 19.5 Å². The highest BCUT2D eigenvalue weighted by molar-refractivity contribution is 5.97. The van der Waals surface area contributed by atoms with Gasteiger partial charge in [0, 0.05) is 37.1 Å². The van der Waals surface area contributed by atoms with Crippen molar-refractivity contribution in [1.82, 2.24) is 9.80 Å². The Labute approximate surface area is 181 Å². The zero-order valence-electron chi connectivity index (χ0n) is 17.7. The van der Waals surface area contributed by atoms with Crippen molar-refractivity contribution in [2.45, 2.75) is 38.5 Å². The Morgan fingerprint density at radius 2 is 1.61 bits per heavy atom. The second-order valence-electron chi connectivity index (χ2n) is 8.29. The van der Waals surface area contributed by atoms with Gasteiger partial charge < -0.3 is 19.5 Å². The summed E-state index contributed by atoms with van der Waals surface area (Å²) in [7, 11) is 0. The SMILES string of the molecule is Cc1ccc(C(=O)N2CCC3(CC2)OC[C@@H](C(=O)[O-])N3C(=O)c2cccc(C)c2)cc1. The number of nitrogens with zero attached hydrogens (tertiary/aromatic N) is 2. The second kappa shape index (κ2) is 8.15. The third-order valence-electron chi connectivity index (χ3n) is 6.15. The van der Waals surface area contributed by atoms with E-state index < -0.39 is 23.6 Å². The molecule has 2 aliphatic heterocycles. The van der Waals surface area contributed by atoms with Crippen molar-refractivity contribution in [3.05, 3.63) is 70.8 Å². The molecule has 0 aliphatic carbocycles. The Balaban J connectivity index is 1.56. The fraction of sp³-hybridized carbons (Fsp3) is 0.375. The topological polar surface area (TPSA) is 90.0 Å². The highest BCUT2D eigenvalue weighted by Crippen LogP contribution is 2.38. The fourth-order valence-corrected chi connectivity index (χ4v) is 4.40. The van der Waals surface area contributed by atoms with E-state index in [4.69, 9.17) is 4.74 Å². The molecule has 2 heterocycles. The molecule has 1 atom stereocenters. The molecule has 2 aromatic rings. The Kier molecular flexibility index (Phi) is 5.54. The van der Waals surface area contributed by atoms with E-state index in [1.54, 1.807) is 35.2 Å². The van der Waals surface area contributed by atoms with Gasteiger partial charge in [-0.25, -0.2) is 0 Å². The van der Waals surface area contributed by atoms with E-state index >= 15 is 0 Å². The normalized spacial score (nSPS) is 20.1. The summed E-state index contributed by atoms with van der Waals surface area (Å²) in [5.74, 6) is -1.81. The fourth-order valence-electron chi connectivity index (χ4n) is 4.40. The minimum Gasteiger partial charge on any atom is -0.548 e. The number of ether oxygens (including phenoxy) is 1. The molecule has 2 aromatic carbocycles. The van der Waals surface area contributed by atoms with E-state index in [0.29, 0.717) is 37.1 Å². The van der Waals surface area contributed by atoms with Gasteiger partial charge >= 0.3 is 0 Å². The molecule has 31 heavy (non-hydrogen) atoms. The highest BCUT2D eigenvalue weighted by atomic mass is 16.5. The van der Waals surface area contributed by atoms with Crippen LogP contribution in [0.2, 0.25) is 0 Å². The van der Waals surface area contributed by atoms with Gasteiger partial charge in [-0.15, -0.1) is 0 Å². The average Bonchev–Trinajstić information content (AvgIpc) is 3.12. The summed E-state index contributed by atoms with van der Waals surface area (Å²) >= 11 is 0. The van der Waals surface area contributed by atoms with E-state index in [2.05, 4.69) is 0 Å². The number of likely N-dealkylation sites (tertiary alicyclic amines) is 1. The molecule has 2 fully saturated rings. The molecule has 0 aromatic heterocycles. The van der Waals surface area contributed by atoms with Crippen LogP contribution in [0.3, 0.4) is 0 Å².